The third-order valence-electron chi connectivity index (χ3n) is 3.21. The van der Waals surface area contributed by atoms with Crippen molar-refractivity contribution in [2.24, 2.45) is 5.11 Å². The molecule has 2 rings (SSSR count). The molecular formula is C14H14N4O3. The predicted octanol–water partition coefficient (Wildman–Crippen LogP) is 1.76. The van der Waals surface area contributed by atoms with Gasteiger partial charge in [-0.3, -0.25) is 9.59 Å². The molecule has 7 heteroatoms. The Morgan fingerprint density at radius 2 is 2.19 bits per heavy atom. The first-order valence-corrected chi connectivity index (χ1v) is 6.32. The summed E-state index contributed by atoms with van der Waals surface area (Å²) in [5.41, 5.74) is 9.46. The van der Waals surface area contributed by atoms with Gasteiger partial charge in [-0.25, -0.2) is 0 Å². The largest absolute Gasteiger partial charge is 0.468 e. The molecule has 1 aromatic rings. The molecule has 0 bridgehead atoms. The number of amides is 1. The van der Waals surface area contributed by atoms with Crippen LogP contribution in [0.4, 0.5) is 0 Å². The summed E-state index contributed by atoms with van der Waals surface area (Å²) < 4.78 is 4.55. The van der Waals surface area contributed by atoms with E-state index in [1.807, 2.05) is 36.4 Å². The van der Waals surface area contributed by atoms with Crippen LogP contribution >= 0.6 is 0 Å². The number of esters is 1. The molecule has 108 valence electrons. The number of carbonyl (C=O) groups is 2. The van der Waals surface area contributed by atoms with Gasteiger partial charge in [-0.15, -0.1) is 0 Å². The lowest BCUT2D eigenvalue weighted by Gasteiger charge is -2.42. The maximum absolute atomic E-state index is 11.8. The Balaban J connectivity index is 2.15. The summed E-state index contributed by atoms with van der Waals surface area (Å²) in [6.07, 6.45) is 3.57. The standard InChI is InChI=1S/C14H14N4O3/c1-21-12(19)9-18-11(13(14(18)20)16-17-15)8-7-10-5-3-2-4-6-10/h2-8,11,13H,9H2,1H3/b8-7+/t11-,13+/m1/s1. The highest BCUT2D eigenvalue weighted by Gasteiger charge is 2.46. The number of hydrogen-bond donors (Lipinski definition) is 0. The van der Waals surface area contributed by atoms with Crippen molar-refractivity contribution in [3.8, 4) is 0 Å². The molecule has 1 aliphatic heterocycles. The molecule has 0 aliphatic carbocycles. The minimum Gasteiger partial charge on any atom is -0.468 e. The van der Waals surface area contributed by atoms with Gasteiger partial charge in [0.2, 0.25) is 5.91 Å². The van der Waals surface area contributed by atoms with E-state index in [4.69, 9.17) is 5.53 Å². The van der Waals surface area contributed by atoms with Crippen molar-refractivity contribution in [3.63, 3.8) is 0 Å². The third-order valence-corrected chi connectivity index (χ3v) is 3.21. The summed E-state index contributed by atoms with van der Waals surface area (Å²) in [5, 5.41) is 3.47. The average Bonchev–Trinajstić information content (AvgIpc) is 2.53. The van der Waals surface area contributed by atoms with Crippen LogP contribution in [0, 0.1) is 0 Å². The molecule has 7 nitrogen and oxygen atoms in total. The van der Waals surface area contributed by atoms with Crippen molar-refractivity contribution in [2.75, 3.05) is 13.7 Å². The summed E-state index contributed by atoms with van der Waals surface area (Å²) in [4.78, 5) is 27.1. The maximum atomic E-state index is 11.8. The van der Waals surface area contributed by atoms with Crippen LogP contribution in [0.5, 0.6) is 0 Å². The number of likely N-dealkylation sites (tertiary alicyclic amines) is 1. The first-order valence-electron chi connectivity index (χ1n) is 6.32. The van der Waals surface area contributed by atoms with Gasteiger partial charge in [-0.1, -0.05) is 47.6 Å². The number of azide groups is 1. The molecular weight excluding hydrogens is 272 g/mol. The second kappa shape index (κ2) is 6.58. The van der Waals surface area contributed by atoms with Crippen LogP contribution in [-0.4, -0.2) is 42.5 Å². The molecule has 0 N–H and O–H groups in total. The van der Waals surface area contributed by atoms with Crippen molar-refractivity contribution in [1.82, 2.24) is 4.90 Å². The predicted molar refractivity (Wildman–Crippen MR) is 75.9 cm³/mol. The smallest absolute Gasteiger partial charge is 0.325 e. The number of carbonyl (C=O) groups excluding carboxylic acids is 2. The van der Waals surface area contributed by atoms with Gasteiger partial charge in [-0.05, 0) is 11.1 Å². The number of hydrogen-bond acceptors (Lipinski definition) is 4. The van der Waals surface area contributed by atoms with Gasteiger partial charge in [0.15, 0.2) is 0 Å². The number of rotatable bonds is 5. The molecule has 0 spiro atoms. The van der Waals surface area contributed by atoms with Gasteiger partial charge >= 0.3 is 5.97 Å². The Morgan fingerprint density at radius 3 is 2.81 bits per heavy atom. The van der Waals surface area contributed by atoms with Gasteiger partial charge in [0.05, 0.1) is 13.2 Å². The van der Waals surface area contributed by atoms with Crippen LogP contribution in [-0.2, 0) is 14.3 Å². The van der Waals surface area contributed by atoms with Crippen LogP contribution in [0.3, 0.4) is 0 Å². The van der Waals surface area contributed by atoms with E-state index in [9.17, 15) is 9.59 Å². The van der Waals surface area contributed by atoms with E-state index < -0.39 is 18.1 Å². The minimum absolute atomic E-state index is 0.156. The molecule has 1 heterocycles. The molecule has 2 atom stereocenters. The summed E-state index contributed by atoms with van der Waals surface area (Å²) in [5.74, 6) is -0.887. The van der Waals surface area contributed by atoms with E-state index in [1.54, 1.807) is 6.08 Å². The van der Waals surface area contributed by atoms with Crippen molar-refractivity contribution in [3.05, 3.63) is 52.4 Å². The van der Waals surface area contributed by atoms with E-state index in [2.05, 4.69) is 14.8 Å². The Kier molecular flexibility index (Phi) is 4.58. The Hall–Kier alpha value is -2.79. The number of nitrogens with zero attached hydrogens (tertiary/aromatic N) is 4. The monoisotopic (exact) mass is 286 g/mol. The fraction of sp³-hybridized carbons (Fsp3) is 0.286. The lowest BCUT2D eigenvalue weighted by Crippen LogP contribution is -2.64. The minimum atomic E-state index is -0.806. The molecule has 0 saturated carbocycles. The fourth-order valence-electron chi connectivity index (χ4n) is 2.09. The van der Waals surface area contributed by atoms with E-state index >= 15 is 0 Å². The van der Waals surface area contributed by atoms with E-state index in [0.717, 1.165) is 5.56 Å². The molecule has 1 amide bonds. The van der Waals surface area contributed by atoms with Crippen molar-refractivity contribution >= 4 is 18.0 Å². The molecule has 0 unspecified atom stereocenters. The van der Waals surface area contributed by atoms with Crippen LogP contribution < -0.4 is 0 Å². The molecule has 1 saturated heterocycles. The number of methoxy groups -OCH3 is 1. The van der Waals surface area contributed by atoms with Gasteiger partial charge < -0.3 is 9.64 Å². The fourth-order valence-corrected chi connectivity index (χ4v) is 2.09. The van der Waals surface area contributed by atoms with Crippen LogP contribution in [0.15, 0.2) is 41.5 Å². The maximum Gasteiger partial charge on any atom is 0.325 e. The summed E-state index contributed by atoms with van der Waals surface area (Å²) >= 11 is 0. The molecule has 1 aliphatic rings. The van der Waals surface area contributed by atoms with Crippen LogP contribution in [0.25, 0.3) is 16.5 Å². The molecule has 1 aromatic carbocycles. The zero-order valence-corrected chi connectivity index (χ0v) is 11.4. The lowest BCUT2D eigenvalue weighted by molar-refractivity contribution is -0.156. The van der Waals surface area contributed by atoms with Gasteiger partial charge in [0, 0.05) is 4.91 Å². The molecule has 21 heavy (non-hydrogen) atoms. The first-order chi connectivity index (χ1) is 10.2. The zero-order valence-electron chi connectivity index (χ0n) is 11.4. The molecule has 1 fully saturated rings. The van der Waals surface area contributed by atoms with Crippen LogP contribution in [0.2, 0.25) is 0 Å². The number of benzene rings is 1. The summed E-state index contributed by atoms with van der Waals surface area (Å²) in [6, 6.07) is 8.25. The normalized spacial score (nSPS) is 20.8. The van der Waals surface area contributed by atoms with Crippen molar-refractivity contribution < 1.29 is 14.3 Å². The van der Waals surface area contributed by atoms with Gasteiger partial charge in [0.1, 0.15) is 12.6 Å². The highest BCUT2D eigenvalue weighted by Crippen LogP contribution is 2.25. The SMILES string of the molecule is COC(=O)CN1C(=O)[C@@H](N=[N+]=[N-])[C@H]1/C=C/c1ccccc1. The van der Waals surface area contributed by atoms with Crippen LogP contribution in [0.1, 0.15) is 5.56 Å². The van der Waals surface area contributed by atoms with E-state index in [-0.39, 0.29) is 12.5 Å². The van der Waals surface area contributed by atoms with Gasteiger partial charge in [0.25, 0.3) is 0 Å². The quantitative estimate of drug-likeness (QED) is 0.271. The summed E-state index contributed by atoms with van der Waals surface area (Å²) in [7, 11) is 1.26. The highest BCUT2D eigenvalue weighted by molar-refractivity contribution is 5.93. The lowest BCUT2D eigenvalue weighted by atomic mass is 9.94. The second-order valence-corrected chi connectivity index (χ2v) is 4.45. The Labute approximate surface area is 121 Å². The first kappa shape index (κ1) is 14.6. The van der Waals surface area contributed by atoms with E-state index in [0.29, 0.717) is 0 Å². The average molecular weight is 286 g/mol. The zero-order chi connectivity index (χ0) is 15.2. The van der Waals surface area contributed by atoms with Gasteiger partial charge in [-0.2, -0.15) is 0 Å². The Morgan fingerprint density at radius 1 is 1.48 bits per heavy atom. The molecule has 0 radical (unpaired) electrons. The topological polar surface area (TPSA) is 95.4 Å². The van der Waals surface area contributed by atoms with E-state index in [1.165, 1.54) is 12.0 Å². The van der Waals surface area contributed by atoms with Crippen molar-refractivity contribution in [2.45, 2.75) is 12.1 Å². The second-order valence-electron chi connectivity index (χ2n) is 4.45. The highest BCUT2D eigenvalue weighted by atomic mass is 16.5. The summed E-state index contributed by atoms with van der Waals surface area (Å²) in [6.45, 7) is -0.156. The number of β-lactam (4-membered cyclic amide) rings is 1. The molecule has 0 aromatic heterocycles. The van der Waals surface area contributed by atoms with Crippen molar-refractivity contribution in [1.29, 1.82) is 0 Å². The third kappa shape index (κ3) is 3.21. The number of ether oxygens (including phenoxy) is 1. The Bertz CT molecular complexity index is 608.